The van der Waals surface area contributed by atoms with Crippen molar-refractivity contribution in [2.75, 3.05) is 20.2 Å². The maximum atomic E-state index is 11.4. The SMILES string of the molecule is COC(=O)C1CCN(Cc2cccc([N+](=O)[O-])c2)CC1. The van der Waals surface area contributed by atoms with Crippen molar-refractivity contribution in [3.05, 3.63) is 39.9 Å². The number of methoxy groups -OCH3 is 1. The second-order valence-corrected chi connectivity index (χ2v) is 5.00. The predicted molar refractivity (Wildman–Crippen MR) is 73.1 cm³/mol. The van der Waals surface area contributed by atoms with E-state index in [9.17, 15) is 14.9 Å². The Morgan fingerprint density at radius 3 is 2.75 bits per heavy atom. The summed E-state index contributed by atoms with van der Waals surface area (Å²) in [4.78, 5) is 24.0. The van der Waals surface area contributed by atoms with Crippen LogP contribution in [0.3, 0.4) is 0 Å². The van der Waals surface area contributed by atoms with E-state index in [-0.39, 0.29) is 22.5 Å². The highest BCUT2D eigenvalue weighted by atomic mass is 16.6. The van der Waals surface area contributed by atoms with Gasteiger partial charge in [-0.2, -0.15) is 0 Å². The molecule has 6 nitrogen and oxygen atoms in total. The number of hydrogen-bond acceptors (Lipinski definition) is 5. The molecule has 1 aliphatic heterocycles. The van der Waals surface area contributed by atoms with Crippen molar-refractivity contribution in [2.45, 2.75) is 19.4 Å². The Morgan fingerprint density at radius 1 is 1.45 bits per heavy atom. The minimum absolute atomic E-state index is 0.0126. The second kappa shape index (κ2) is 6.47. The molecule has 0 atom stereocenters. The largest absolute Gasteiger partial charge is 0.469 e. The van der Waals surface area contributed by atoms with E-state index in [1.165, 1.54) is 13.2 Å². The highest BCUT2D eigenvalue weighted by Crippen LogP contribution is 2.21. The highest BCUT2D eigenvalue weighted by Gasteiger charge is 2.25. The van der Waals surface area contributed by atoms with Crippen LogP contribution in [0, 0.1) is 16.0 Å². The Labute approximate surface area is 117 Å². The van der Waals surface area contributed by atoms with Crippen LogP contribution in [0.25, 0.3) is 0 Å². The van der Waals surface area contributed by atoms with Crippen LogP contribution in [0.2, 0.25) is 0 Å². The predicted octanol–water partition coefficient (Wildman–Crippen LogP) is 1.98. The second-order valence-electron chi connectivity index (χ2n) is 5.00. The van der Waals surface area contributed by atoms with Gasteiger partial charge in [-0.3, -0.25) is 19.8 Å². The monoisotopic (exact) mass is 278 g/mol. The number of piperidine rings is 1. The first-order chi connectivity index (χ1) is 9.60. The Kier molecular flexibility index (Phi) is 4.68. The van der Waals surface area contributed by atoms with Crippen LogP contribution >= 0.6 is 0 Å². The minimum Gasteiger partial charge on any atom is -0.469 e. The fraction of sp³-hybridized carbons (Fsp3) is 0.500. The summed E-state index contributed by atoms with van der Waals surface area (Å²) in [6, 6.07) is 6.69. The lowest BCUT2D eigenvalue weighted by Gasteiger charge is -2.30. The van der Waals surface area contributed by atoms with Crippen molar-refractivity contribution >= 4 is 11.7 Å². The van der Waals surface area contributed by atoms with Crippen LogP contribution in [0.15, 0.2) is 24.3 Å². The van der Waals surface area contributed by atoms with Crippen LogP contribution in [0.4, 0.5) is 5.69 Å². The lowest BCUT2D eigenvalue weighted by molar-refractivity contribution is -0.384. The van der Waals surface area contributed by atoms with E-state index in [1.807, 2.05) is 6.07 Å². The summed E-state index contributed by atoms with van der Waals surface area (Å²) >= 11 is 0. The molecule has 0 bridgehead atoms. The first-order valence-corrected chi connectivity index (χ1v) is 6.63. The van der Waals surface area contributed by atoms with Crippen molar-refractivity contribution in [1.29, 1.82) is 0 Å². The smallest absolute Gasteiger partial charge is 0.308 e. The molecular formula is C14H18N2O4. The summed E-state index contributed by atoms with van der Waals surface area (Å²) in [5.74, 6) is -0.152. The summed E-state index contributed by atoms with van der Waals surface area (Å²) in [7, 11) is 1.41. The van der Waals surface area contributed by atoms with Gasteiger partial charge in [0.2, 0.25) is 0 Å². The van der Waals surface area contributed by atoms with Gasteiger partial charge in [0, 0.05) is 18.7 Å². The summed E-state index contributed by atoms with van der Waals surface area (Å²) in [6.07, 6.45) is 1.56. The Balaban J connectivity index is 1.91. The summed E-state index contributed by atoms with van der Waals surface area (Å²) in [6.45, 7) is 2.29. The molecule has 1 aromatic rings. The Hall–Kier alpha value is -1.95. The molecule has 0 saturated carbocycles. The molecule has 6 heteroatoms. The zero-order valence-electron chi connectivity index (χ0n) is 11.4. The summed E-state index contributed by atoms with van der Waals surface area (Å²) in [5.41, 5.74) is 1.04. The average molecular weight is 278 g/mol. The lowest BCUT2D eigenvalue weighted by atomic mass is 9.96. The number of esters is 1. The fourth-order valence-corrected chi connectivity index (χ4v) is 2.52. The van der Waals surface area contributed by atoms with Crippen molar-refractivity contribution in [2.24, 2.45) is 5.92 Å². The molecule has 0 aliphatic carbocycles. The zero-order valence-corrected chi connectivity index (χ0v) is 11.4. The lowest BCUT2D eigenvalue weighted by Crippen LogP contribution is -2.36. The van der Waals surface area contributed by atoms with E-state index < -0.39 is 0 Å². The van der Waals surface area contributed by atoms with Gasteiger partial charge in [0.1, 0.15) is 0 Å². The van der Waals surface area contributed by atoms with Gasteiger partial charge >= 0.3 is 5.97 Å². The van der Waals surface area contributed by atoms with E-state index >= 15 is 0 Å². The number of nitro groups is 1. The van der Waals surface area contributed by atoms with Crippen LogP contribution in [0.1, 0.15) is 18.4 Å². The molecule has 1 saturated heterocycles. The normalized spacial score (nSPS) is 16.9. The zero-order chi connectivity index (χ0) is 14.5. The number of benzene rings is 1. The van der Waals surface area contributed by atoms with Gasteiger partial charge in [-0.1, -0.05) is 12.1 Å². The first kappa shape index (κ1) is 14.5. The van der Waals surface area contributed by atoms with E-state index in [0.717, 1.165) is 31.5 Å². The molecule has 2 rings (SSSR count). The van der Waals surface area contributed by atoms with Crippen molar-refractivity contribution in [1.82, 2.24) is 4.90 Å². The summed E-state index contributed by atoms with van der Waals surface area (Å²) in [5, 5.41) is 10.7. The molecular weight excluding hydrogens is 260 g/mol. The fourth-order valence-electron chi connectivity index (χ4n) is 2.52. The maximum absolute atomic E-state index is 11.4. The van der Waals surface area contributed by atoms with Gasteiger partial charge in [-0.05, 0) is 31.5 Å². The molecule has 0 aromatic heterocycles. The first-order valence-electron chi connectivity index (χ1n) is 6.63. The van der Waals surface area contributed by atoms with Gasteiger partial charge in [0.25, 0.3) is 5.69 Å². The molecule has 108 valence electrons. The number of nitro benzene ring substituents is 1. The van der Waals surface area contributed by atoms with Gasteiger partial charge in [0.05, 0.1) is 18.0 Å². The maximum Gasteiger partial charge on any atom is 0.308 e. The van der Waals surface area contributed by atoms with Crippen molar-refractivity contribution in [3.63, 3.8) is 0 Å². The van der Waals surface area contributed by atoms with Crippen molar-refractivity contribution in [3.8, 4) is 0 Å². The van der Waals surface area contributed by atoms with Gasteiger partial charge in [-0.15, -0.1) is 0 Å². The van der Waals surface area contributed by atoms with Gasteiger partial charge in [0.15, 0.2) is 0 Å². The molecule has 1 heterocycles. The topological polar surface area (TPSA) is 72.7 Å². The minimum atomic E-state index is -0.382. The average Bonchev–Trinajstić information content (AvgIpc) is 2.47. The van der Waals surface area contributed by atoms with E-state index in [4.69, 9.17) is 4.74 Å². The van der Waals surface area contributed by atoms with E-state index in [2.05, 4.69) is 4.90 Å². The van der Waals surface area contributed by atoms with E-state index in [1.54, 1.807) is 12.1 Å². The Morgan fingerprint density at radius 2 is 2.15 bits per heavy atom. The number of hydrogen-bond donors (Lipinski definition) is 0. The number of carbonyl (C=O) groups excluding carboxylic acids is 1. The molecule has 0 N–H and O–H groups in total. The molecule has 0 radical (unpaired) electrons. The molecule has 1 aromatic carbocycles. The summed E-state index contributed by atoms with van der Waals surface area (Å²) < 4.78 is 4.75. The quantitative estimate of drug-likeness (QED) is 0.478. The van der Waals surface area contributed by atoms with Crippen molar-refractivity contribution < 1.29 is 14.5 Å². The van der Waals surface area contributed by atoms with Crippen LogP contribution in [0.5, 0.6) is 0 Å². The van der Waals surface area contributed by atoms with E-state index in [0.29, 0.717) is 6.54 Å². The number of non-ortho nitro benzene ring substituents is 1. The number of likely N-dealkylation sites (tertiary alicyclic amines) is 1. The third-order valence-electron chi connectivity index (χ3n) is 3.65. The molecule has 0 spiro atoms. The third-order valence-corrected chi connectivity index (χ3v) is 3.65. The van der Waals surface area contributed by atoms with Gasteiger partial charge < -0.3 is 4.74 Å². The third kappa shape index (κ3) is 3.54. The number of ether oxygens (including phenoxy) is 1. The van der Waals surface area contributed by atoms with Crippen LogP contribution < -0.4 is 0 Å². The molecule has 0 unspecified atom stereocenters. The number of nitrogens with zero attached hydrogens (tertiary/aromatic N) is 2. The van der Waals surface area contributed by atoms with Crippen LogP contribution in [-0.2, 0) is 16.1 Å². The number of rotatable bonds is 4. The van der Waals surface area contributed by atoms with Crippen LogP contribution in [-0.4, -0.2) is 36.0 Å². The highest BCUT2D eigenvalue weighted by molar-refractivity contribution is 5.72. The standard InChI is InChI=1S/C14H18N2O4/c1-20-14(17)12-5-7-15(8-6-12)10-11-3-2-4-13(9-11)16(18)19/h2-4,9,12H,5-8,10H2,1H3. The molecule has 0 amide bonds. The van der Waals surface area contributed by atoms with Gasteiger partial charge in [-0.25, -0.2) is 0 Å². The Bertz CT molecular complexity index is 496. The number of carbonyl (C=O) groups is 1. The molecule has 1 aliphatic rings. The molecule has 1 fully saturated rings. The molecule has 20 heavy (non-hydrogen) atoms.